The van der Waals surface area contributed by atoms with E-state index in [4.69, 9.17) is 5.26 Å². The van der Waals surface area contributed by atoms with Crippen LogP contribution >= 0.6 is 0 Å². The molecule has 3 nitrogen and oxygen atoms in total. The van der Waals surface area contributed by atoms with Gasteiger partial charge in [-0.15, -0.1) is 0 Å². The van der Waals surface area contributed by atoms with Gasteiger partial charge in [-0.2, -0.15) is 5.26 Å². The fourth-order valence-corrected chi connectivity index (χ4v) is 1.44. The summed E-state index contributed by atoms with van der Waals surface area (Å²) in [6.45, 7) is 0. The molecule has 0 aliphatic rings. The zero-order valence-corrected chi connectivity index (χ0v) is 8.45. The second kappa shape index (κ2) is 4.07. The molecule has 0 fully saturated rings. The molecule has 0 atom stereocenters. The van der Waals surface area contributed by atoms with Gasteiger partial charge < -0.3 is 0 Å². The maximum Gasteiger partial charge on any atom is 0.185 e. The molecule has 1 aromatic rings. The summed E-state index contributed by atoms with van der Waals surface area (Å²) >= 11 is 0. The Labute approximate surface area is 83.2 Å². The standard InChI is InChI=1S/C10H9NO2S/c1-14(12,13)10(8-11)7-9-5-3-2-4-6-9/h2-7H,1H3/b10-7+. The molecule has 1 aromatic carbocycles. The van der Waals surface area contributed by atoms with Crippen molar-refractivity contribution in [1.82, 2.24) is 0 Å². The Morgan fingerprint density at radius 2 is 1.93 bits per heavy atom. The van der Waals surface area contributed by atoms with E-state index < -0.39 is 9.84 Å². The predicted octanol–water partition coefficient (Wildman–Crippen LogP) is 1.60. The highest BCUT2D eigenvalue weighted by Gasteiger charge is 2.09. The first-order chi connectivity index (χ1) is 6.54. The van der Waals surface area contributed by atoms with Crippen LogP contribution in [-0.4, -0.2) is 14.7 Å². The van der Waals surface area contributed by atoms with Crippen LogP contribution in [0.25, 0.3) is 6.08 Å². The highest BCUT2D eigenvalue weighted by Crippen LogP contribution is 2.10. The average molecular weight is 207 g/mol. The first-order valence-corrected chi connectivity index (χ1v) is 5.80. The molecule has 0 aliphatic carbocycles. The lowest BCUT2D eigenvalue weighted by Gasteiger charge is -1.95. The summed E-state index contributed by atoms with van der Waals surface area (Å²) < 4.78 is 22.2. The van der Waals surface area contributed by atoms with Crippen molar-refractivity contribution in [2.24, 2.45) is 0 Å². The van der Waals surface area contributed by atoms with Gasteiger partial charge >= 0.3 is 0 Å². The Morgan fingerprint density at radius 1 is 1.36 bits per heavy atom. The molecule has 72 valence electrons. The van der Waals surface area contributed by atoms with Gasteiger partial charge in [-0.25, -0.2) is 8.42 Å². The lowest BCUT2D eigenvalue weighted by atomic mass is 10.2. The van der Waals surface area contributed by atoms with Gasteiger partial charge in [-0.05, 0) is 11.6 Å². The number of benzene rings is 1. The summed E-state index contributed by atoms with van der Waals surface area (Å²) in [7, 11) is -3.41. The molecular formula is C10H9NO2S. The van der Waals surface area contributed by atoms with Gasteiger partial charge in [-0.1, -0.05) is 30.3 Å². The van der Waals surface area contributed by atoms with Crippen molar-refractivity contribution in [2.75, 3.05) is 6.26 Å². The molecule has 0 saturated carbocycles. The van der Waals surface area contributed by atoms with Gasteiger partial charge in [0.25, 0.3) is 0 Å². The minimum absolute atomic E-state index is 0.219. The van der Waals surface area contributed by atoms with Crippen molar-refractivity contribution in [3.05, 3.63) is 40.8 Å². The van der Waals surface area contributed by atoms with Crippen LogP contribution in [0.4, 0.5) is 0 Å². The number of nitriles is 1. The van der Waals surface area contributed by atoms with Gasteiger partial charge in [0.1, 0.15) is 11.0 Å². The van der Waals surface area contributed by atoms with Crippen molar-refractivity contribution in [3.8, 4) is 6.07 Å². The zero-order valence-electron chi connectivity index (χ0n) is 7.64. The van der Waals surface area contributed by atoms with E-state index in [9.17, 15) is 8.42 Å². The highest BCUT2D eigenvalue weighted by atomic mass is 32.2. The van der Waals surface area contributed by atoms with Gasteiger partial charge in [0.15, 0.2) is 9.84 Å². The lowest BCUT2D eigenvalue weighted by molar-refractivity contribution is 0.609. The van der Waals surface area contributed by atoms with Gasteiger partial charge in [0.05, 0.1) is 0 Å². The van der Waals surface area contributed by atoms with Crippen molar-refractivity contribution in [1.29, 1.82) is 5.26 Å². The first-order valence-electron chi connectivity index (χ1n) is 3.91. The summed E-state index contributed by atoms with van der Waals surface area (Å²) in [4.78, 5) is -0.219. The molecule has 0 amide bonds. The molecule has 0 saturated heterocycles. The quantitative estimate of drug-likeness (QED) is 0.692. The average Bonchev–Trinajstić information content (AvgIpc) is 2.14. The summed E-state index contributed by atoms with van der Waals surface area (Å²) in [6.07, 6.45) is 2.38. The first kappa shape index (κ1) is 10.5. The molecule has 0 bridgehead atoms. The summed E-state index contributed by atoms with van der Waals surface area (Å²) in [5.74, 6) is 0. The molecule has 0 N–H and O–H groups in total. The monoisotopic (exact) mass is 207 g/mol. The molecule has 0 aromatic heterocycles. The largest absolute Gasteiger partial charge is 0.223 e. The fraction of sp³-hybridized carbons (Fsp3) is 0.100. The van der Waals surface area contributed by atoms with E-state index in [2.05, 4.69) is 0 Å². The molecule has 0 aliphatic heterocycles. The molecule has 0 spiro atoms. The third-order valence-corrected chi connectivity index (χ3v) is 2.62. The van der Waals surface area contributed by atoms with Crippen LogP contribution in [0.5, 0.6) is 0 Å². The van der Waals surface area contributed by atoms with Crippen molar-refractivity contribution >= 4 is 15.9 Å². The van der Waals surface area contributed by atoms with Crippen LogP contribution in [0.15, 0.2) is 35.2 Å². The number of hydrogen-bond acceptors (Lipinski definition) is 3. The molecule has 1 rings (SSSR count). The smallest absolute Gasteiger partial charge is 0.185 e. The Balaban J connectivity index is 3.17. The van der Waals surface area contributed by atoms with E-state index >= 15 is 0 Å². The molecular weight excluding hydrogens is 198 g/mol. The second-order valence-corrected chi connectivity index (χ2v) is 4.79. The third-order valence-electron chi connectivity index (χ3n) is 1.61. The van der Waals surface area contributed by atoms with Crippen LogP contribution in [0.3, 0.4) is 0 Å². The van der Waals surface area contributed by atoms with E-state index in [-0.39, 0.29) is 4.91 Å². The van der Waals surface area contributed by atoms with Crippen LogP contribution < -0.4 is 0 Å². The van der Waals surface area contributed by atoms with Crippen molar-refractivity contribution < 1.29 is 8.42 Å². The van der Waals surface area contributed by atoms with Crippen molar-refractivity contribution in [3.63, 3.8) is 0 Å². The molecule has 14 heavy (non-hydrogen) atoms. The van der Waals surface area contributed by atoms with Crippen LogP contribution in [0, 0.1) is 11.3 Å². The van der Waals surface area contributed by atoms with Gasteiger partial charge in [0.2, 0.25) is 0 Å². The van der Waals surface area contributed by atoms with E-state index in [0.29, 0.717) is 5.56 Å². The number of allylic oxidation sites excluding steroid dienone is 1. The minimum atomic E-state index is -3.41. The van der Waals surface area contributed by atoms with Gasteiger partial charge in [-0.3, -0.25) is 0 Å². The second-order valence-electron chi connectivity index (χ2n) is 2.80. The minimum Gasteiger partial charge on any atom is -0.223 e. The maximum atomic E-state index is 11.1. The van der Waals surface area contributed by atoms with E-state index in [1.54, 1.807) is 30.3 Å². The molecule has 0 radical (unpaired) electrons. The lowest BCUT2D eigenvalue weighted by Crippen LogP contribution is -1.98. The zero-order chi connectivity index (χ0) is 10.6. The van der Waals surface area contributed by atoms with E-state index in [1.807, 2.05) is 6.07 Å². The van der Waals surface area contributed by atoms with E-state index in [1.165, 1.54) is 6.08 Å². The molecule has 4 heteroatoms. The Bertz CT molecular complexity index is 481. The maximum absolute atomic E-state index is 11.1. The van der Waals surface area contributed by atoms with Gasteiger partial charge in [0, 0.05) is 6.26 Å². The Morgan fingerprint density at radius 3 is 2.36 bits per heavy atom. The highest BCUT2D eigenvalue weighted by molar-refractivity contribution is 7.95. The van der Waals surface area contributed by atoms with Crippen LogP contribution in [0.2, 0.25) is 0 Å². The number of sulfone groups is 1. The summed E-state index contributed by atoms with van der Waals surface area (Å²) in [6, 6.07) is 10.5. The Kier molecular flexibility index (Phi) is 3.05. The van der Waals surface area contributed by atoms with Crippen LogP contribution in [-0.2, 0) is 9.84 Å². The third kappa shape index (κ3) is 2.71. The van der Waals surface area contributed by atoms with Crippen LogP contribution in [0.1, 0.15) is 5.56 Å². The topological polar surface area (TPSA) is 57.9 Å². The SMILES string of the molecule is CS(=O)(=O)/C(C#N)=C/c1ccccc1. The number of hydrogen-bond donors (Lipinski definition) is 0. The summed E-state index contributed by atoms with van der Waals surface area (Å²) in [5, 5.41) is 8.63. The number of nitrogens with zero attached hydrogens (tertiary/aromatic N) is 1. The molecule has 0 heterocycles. The fourth-order valence-electron chi connectivity index (χ4n) is 0.923. The number of rotatable bonds is 2. The van der Waals surface area contributed by atoms with Crippen molar-refractivity contribution in [2.45, 2.75) is 0 Å². The normalized spacial score (nSPS) is 12.1. The molecule has 0 unspecified atom stereocenters. The predicted molar refractivity (Wildman–Crippen MR) is 54.9 cm³/mol. The Hall–Kier alpha value is -1.60. The van der Waals surface area contributed by atoms with E-state index in [0.717, 1.165) is 6.26 Å². The summed E-state index contributed by atoms with van der Waals surface area (Å²) in [5.41, 5.74) is 0.703.